The molecule has 0 bridgehead atoms. The van der Waals surface area contributed by atoms with E-state index in [9.17, 15) is 18.6 Å². The van der Waals surface area contributed by atoms with E-state index in [2.05, 4.69) is 0 Å². The molecule has 0 radical (unpaired) electrons. The van der Waals surface area contributed by atoms with E-state index in [0.29, 0.717) is 10.8 Å². The Hall–Kier alpha value is -1.60. The highest BCUT2D eigenvalue weighted by Gasteiger charge is 2.70. The molecule has 0 aromatic heterocycles. The third-order valence-electron chi connectivity index (χ3n) is 4.92. The largest absolute Gasteiger partial charge is 0.497 e. The Morgan fingerprint density at radius 2 is 1.60 bits per heavy atom. The predicted octanol–water partition coefficient (Wildman–Crippen LogP) is 2.26. The number of benzene rings is 2. The Kier molecular flexibility index (Phi) is 4.81. The fourth-order valence-corrected chi connectivity index (χ4v) is 6.01. The van der Waals surface area contributed by atoms with Gasteiger partial charge in [0.2, 0.25) is 0 Å². The summed E-state index contributed by atoms with van der Waals surface area (Å²) in [4.78, 5) is 0.129. The van der Waals surface area contributed by atoms with Crippen LogP contribution < -0.4 is 4.74 Å². The van der Waals surface area contributed by atoms with E-state index in [0.717, 1.165) is 5.56 Å². The molecule has 2 atom stereocenters. The van der Waals surface area contributed by atoms with Crippen molar-refractivity contribution >= 4 is 21.4 Å². The molecule has 7 heteroatoms. The second-order valence-corrected chi connectivity index (χ2v) is 8.73. The van der Waals surface area contributed by atoms with E-state index in [4.69, 9.17) is 16.3 Å². The van der Waals surface area contributed by atoms with Crippen LogP contribution in [0.5, 0.6) is 5.75 Å². The zero-order valence-electron chi connectivity index (χ0n) is 13.6. The van der Waals surface area contributed by atoms with E-state index < -0.39 is 39.6 Å². The van der Waals surface area contributed by atoms with Gasteiger partial charge in [0.25, 0.3) is 0 Å². The molecule has 25 heavy (non-hydrogen) atoms. The lowest BCUT2D eigenvalue weighted by Crippen LogP contribution is -2.23. The van der Waals surface area contributed by atoms with Gasteiger partial charge in [0.05, 0.1) is 30.5 Å². The van der Waals surface area contributed by atoms with Gasteiger partial charge in [-0.05, 0) is 42.0 Å². The Bertz CT molecular complexity index is 842. The van der Waals surface area contributed by atoms with Gasteiger partial charge in [0.15, 0.2) is 9.84 Å². The molecule has 0 aliphatic heterocycles. The molecule has 2 unspecified atom stereocenters. The van der Waals surface area contributed by atoms with E-state index >= 15 is 0 Å². The van der Waals surface area contributed by atoms with Crippen LogP contribution in [0, 0.1) is 5.41 Å². The lowest BCUT2D eigenvalue weighted by atomic mass is 10.0. The number of ether oxygens (including phenoxy) is 1. The van der Waals surface area contributed by atoms with E-state index in [1.165, 1.54) is 24.3 Å². The average molecular weight is 383 g/mol. The van der Waals surface area contributed by atoms with Crippen molar-refractivity contribution in [2.75, 3.05) is 20.3 Å². The highest BCUT2D eigenvalue weighted by atomic mass is 35.5. The molecule has 0 heterocycles. The third kappa shape index (κ3) is 2.93. The molecule has 5 nitrogen and oxygen atoms in total. The monoisotopic (exact) mass is 382 g/mol. The maximum Gasteiger partial charge on any atom is 0.182 e. The topological polar surface area (TPSA) is 83.8 Å². The molecule has 1 aliphatic carbocycles. The van der Waals surface area contributed by atoms with Crippen molar-refractivity contribution in [1.82, 2.24) is 0 Å². The Morgan fingerprint density at radius 3 is 2.08 bits per heavy atom. The summed E-state index contributed by atoms with van der Waals surface area (Å²) in [6.45, 7) is -0.838. The summed E-state index contributed by atoms with van der Waals surface area (Å²) < 4.78 is 31.2. The number of sulfone groups is 1. The molecule has 0 spiro atoms. The van der Waals surface area contributed by atoms with Gasteiger partial charge in [-0.25, -0.2) is 8.42 Å². The summed E-state index contributed by atoms with van der Waals surface area (Å²) in [6, 6.07) is 12.9. The number of methoxy groups -OCH3 is 1. The first-order valence-corrected chi connectivity index (χ1v) is 9.68. The number of hydrogen-bond acceptors (Lipinski definition) is 5. The van der Waals surface area contributed by atoms with Crippen LogP contribution >= 0.6 is 11.6 Å². The lowest BCUT2D eigenvalue weighted by Gasteiger charge is -2.11. The smallest absolute Gasteiger partial charge is 0.182 e. The van der Waals surface area contributed by atoms with Crippen LogP contribution in [0.3, 0.4) is 0 Å². The summed E-state index contributed by atoms with van der Waals surface area (Å²) in [5.74, 6) is 0.161. The van der Waals surface area contributed by atoms with Crippen molar-refractivity contribution in [3.05, 3.63) is 59.1 Å². The molecular formula is C18H19ClO5S. The lowest BCUT2D eigenvalue weighted by molar-refractivity contribution is 0.130. The van der Waals surface area contributed by atoms with Gasteiger partial charge in [-0.1, -0.05) is 23.7 Å². The summed E-state index contributed by atoms with van der Waals surface area (Å²) in [5.41, 5.74) is -0.362. The van der Waals surface area contributed by atoms with Gasteiger partial charge in [-0.3, -0.25) is 0 Å². The molecule has 0 amide bonds. The van der Waals surface area contributed by atoms with Gasteiger partial charge in [0.1, 0.15) is 5.75 Å². The van der Waals surface area contributed by atoms with Gasteiger partial charge < -0.3 is 14.9 Å². The molecule has 3 rings (SSSR count). The van der Waals surface area contributed by atoms with Crippen molar-refractivity contribution in [2.24, 2.45) is 5.41 Å². The van der Waals surface area contributed by atoms with Gasteiger partial charge in [-0.15, -0.1) is 0 Å². The molecule has 2 aromatic rings. The van der Waals surface area contributed by atoms with Crippen molar-refractivity contribution in [1.29, 1.82) is 0 Å². The zero-order valence-corrected chi connectivity index (χ0v) is 15.2. The molecule has 1 fully saturated rings. The van der Waals surface area contributed by atoms with Crippen LogP contribution in [-0.2, 0) is 9.84 Å². The van der Waals surface area contributed by atoms with Gasteiger partial charge in [-0.2, -0.15) is 0 Å². The fraction of sp³-hybridized carbons (Fsp3) is 0.333. The minimum absolute atomic E-state index is 0.129. The molecule has 2 aromatic carbocycles. The van der Waals surface area contributed by atoms with Crippen molar-refractivity contribution in [3.63, 3.8) is 0 Å². The van der Waals surface area contributed by atoms with Crippen LogP contribution in [0.4, 0.5) is 0 Å². The van der Waals surface area contributed by atoms with Crippen LogP contribution in [0.25, 0.3) is 0 Å². The van der Waals surface area contributed by atoms with Crippen molar-refractivity contribution < 1.29 is 23.4 Å². The van der Waals surface area contributed by atoms with E-state index in [1.54, 1.807) is 31.4 Å². The van der Waals surface area contributed by atoms with Crippen molar-refractivity contribution in [3.8, 4) is 5.75 Å². The molecule has 2 N–H and O–H groups in total. The Morgan fingerprint density at radius 1 is 1.04 bits per heavy atom. The quantitative estimate of drug-likeness (QED) is 0.800. The van der Waals surface area contributed by atoms with E-state index in [-0.39, 0.29) is 4.90 Å². The fourth-order valence-electron chi connectivity index (χ4n) is 3.46. The highest BCUT2D eigenvalue weighted by Crippen LogP contribution is 2.63. The first kappa shape index (κ1) is 18.2. The van der Waals surface area contributed by atoms with Crippen LogP contribution in [0.2, 0.25) is 5.02 Å². The number of rotatable bonds is 6. The predicted molar refractivity (Wildman–Crippen MR) is 94.8 cm³/mol. The first-order valence-electron chi connectivity index (χ1n) is 7.76. The summed E-state index contributed by atoms with van der Waals surface area (Å²) in [5, 5.41) is 19.2. The second kappa shape index (κ2) is 6.61. The second-order valence-electron chi connectivity index (χ2n) is 6.22. The van der Waals surface area contributed by atoms with Crippen molar-refractivity contribution in [2.45, 2.75) is 16.1 Å². The number of halogens is 1. The first-order chi connectivity index (χ1) is 11.9. The van der Waals surface area contributed by atoms with Crippen LogP contribution in [0.15, 0.2) is 53.4 Å². The third-order valence-corrected chi connectivity index (χ3v) is 7.51. The molecular weight excluding hydrogens is 364 g/mol. The molecule has 134 valence electrons. The zero-order chi connectivity index (χ0) is 18.2. The maximum atomic E-state index is 13.1. The number of aliphatic hydroxyl groups is 2. The van der Waals surface area contributed by atoms with E-state index in [1.807, 2.05) is 0 Å². The molecule has 1 aliphatic rings. The minimum atomic E-state index is -3.74. The van der Waals surface area contributed by atoms with Gasteiger partial charge >= 0.3 is 0 Å². The molecule has 1 saturated carbocycles. The van der Waals surface area contributed by atoms with Gasteiger partial charge in [0, 0.05) is 16.4 Å². The summed E-state index contributed by atoms with van der Waals surface area (Å²) >= 11 is 5.83. The summed E-state index contributed by atoms with van der Waals surface area (Å²) in [7, 11) is -2.19. The summed E-state index contributed by atoms with van der Waals surface area (Å²) in [6.07, 6.45) is 0. The maximum absolute atomic E-state index is 13.1. The van der Waals surface area contributed by atoms with Crippen LogP contribution in [-0.4, -0.2) is 44.2 Å². The standard InChI is InChI=1S/C18H19ClO5S/c1-24-14-6-2-12(3-7-14)16-17(18(16,10-20)11-21)25(22,23)15-8-4-13(19)5-9-15/h2-9,16-17,20-21H,10-11H2,1H3. The molecule has 0 saturated heterocycles. The average Bonchev–Trinajstić information content (AvgIpc) is 3.33. The normalized spacial score (nSPS) is 21.8. The highest BCUT2D eigenvalue weighted by molar-refractivity contribution is 7.92. The Labute approximate surface area is 151 Å². The van der Waals surface area contributed by atoms with Crippen LogP contribution in [0.1, 0.15) is 11.5 Å². The SMILES string of the molecule is COc1ccc(C2C(S(=O)(=O)c3ccc(Cl)cc3)C2(CO)CO)cc1. The minimum Gasteiger partial charge on any atom is -0.497 e. The number of hydrogen-bond donors (Lipinski definition) is 2. The number of aliphatic hydroxyl groups excluding tert-OH is 2. The Balaban J connectivity index is 2.02.